The average Bonchev–Trinajstić information content (AvgIpc) is 2.68. The third-order valence-electron chi connectivity index (χ3n) is 4.44. The van der Waals surface area contributed by atoms with E-state index >= 15 is 0 Å². The molecule has 2 aromatic carbocycles. The molecule has 0 aliphatic heterocycles. The number of pyridine rings is 1. The minimum atomic E-state index is -0.322. The van der Waals surface area contributed by atoms with Gasteiger partial charge in [-0.2, -0.15) is 0 Å². The number of halogens is 1. The fraction of sp³-hybridized carbons (Fsp3) is 0.217. The number of hydrogen-bond donors (Lipinski definition) is 1. The Morgan fingerprint density at radius 2 is 1.86 bits per heavy atom. The lowest BCUT2D eigenvalue weighted by Gasteiger charge is -2.09. The van der Waals surface area contributed by atoms with Gasteiger partial charge in [0.1, 0.15) is 11.6 Å². The summed E-state index contributed by atoms with van der Waals surface area (Å²) >= 11 is 0. The molecule has 0 aliphatic rings. The molecule has 3 aromatic rings. The van der Waals surface area contributed by atoms with E-state index < -0.39 is 0 Å². The maximum atomic E-state index is 13.0. The van der Waals surface area contributed by atoms with Gasteiger partial charge in [-0.05, 0) is 67.3 Å². The first kappa shape index (κ1) is 19.5. The number of benzene rings is 2. The van der Waals surface area contributed by atoms with E-state index in [9.17, 15) is 9.18 Å². The Labute approximate surface area is 164 Å². The van der Waals surface area contributed by atoms with Gasteiger partial charge in [0, 0.05) is 25.2 Å². The van der Waals surface area contributed by atoms with Crippen molar-refractivity contribution >= 4 is 5.91 Å². The fourth-order valence-electron chi connectivity index (χ4n) is 2.90. The van der Waals surface area contributed by atoms with Gasteiger partial charge in [-0.1, -0.05) is 23.8 Å². The third-order valence-corrected chi connectivity index (χ3v) is 4.44. The summed E-state index contributed by atoms with van der Waals surface area (Å²) in [5, 5.41) is 2.93. The summed E-state index contributed by atoms with van der Waals surface area (Å²) in [6.45, 7) is 4.53. The van der Waals surface area contributed by atoms with Crippen molar-refractivity contribution in [2.45, 2.75) is 33.2 Å². The van der Waals surface area contributed by atoms with Crippen molar-refractivity contribution in [1.82, 2.24) is 10.3 Å². The Morgan fingerprint density at radius 1 is 1.07 bits per heavy atom. The molecule has 28 heavy (non-hydrogen) atoms. The predicted octanol–water partition coefficient (Wildman–Crippen LogP) is 4.88. The van der Waals surface area contributed by atoms with Crippen LogP contribution in [-0.2, 0) is 17.8 Å². The highest BCUT2D eigenvalue weighted by atomic mass is 19.1. The Bertz CT molecular complexity index is 955. The van der Waals surface area contributed by atoms with Crippen molar-refractivity contribution in [3.63, 3.8) is 0 Å². The van der Waals surface area contributed by atoms with E-state index in [-0.39, 0.29) is 11.7 Å². The van der Waals surface area contributed by atoms with Crippen molar-refractivity contribution in [3.8, 4) is 11.6 Å². The minimum Gasteiger partial charge on any atom is -0.439 e. The van der Waals surface area contributed by atoms with Gasteiger partial charge in [0.05, 0.1) is 0 Å². The number of hydrogen-bond acceptors (Lipinski definition) is 3. The van der Waals surface area contributed by atoms with Crippen LogP contribution in [0.1, 0.15) is 28.7 Å². The lowest BCUT2D eigenvalue weighted by atomic mass is 10.0. The molecular weight excluding hydrogens is 355 g/mol. The molecule has 0 unspecified atom stereocenters. The van der Waals surface area contributed by atoms with E-state index in [0.717, 1.165) is 5.56 Å². The molecule has 0 aliphatic carbocycles. The molecular formula is C23H23FN2O2. The van der Waals surface area contributed by atoms with Crippen molar-refractivity contribution < 1.29 is 13.9 Å². The summed E-state index contributed by atoms with van der Waals surface area (Å²) in [7, 11) is 0. The molecule has 0 saturated heterocycles. The topological polar surface area (TPSA) is 51.2 Å². The van der Waals surface area contributed by atoms with Crippen LogP contribution in [0.2, 0.25) is 0 Å². The number of carbonyl (C=O) groups is 1. The Balaban J connectivity index is 1.51. The van der Waals surface area contributed by atoms with E-state index in [2.05, 4.69) is 42.3 Å². The summed E-state index contributed by atoms with van der Waals surface area (Å²) in [6, 6.07) is 15.6. The van der Waals surface area contributed by atoms with Crippen LogP contribution in [-0.4, -0.2) is 10.9 Å². The largest absolute Gasteiger partial charge is 0.439 e. The van der Waals surface area contributed by atoms with Crippen molar-refractivity contribution in [3.05, 3.63) is 88.9 Å². The highest BCUT2D eigenvalue weighted by Gasteiger charge is 2.06. The maximum absolute atomic E-state index is 13.0. The van der Waals surface area contributed by atoms with Crippen molar-refractivity contribution in [1.29, 1.82) is 0 Å². The summed E-state index contributed by atoms with van der Waals surface area (Å²) in [6.07, 6.45) is 2.77. The number of ether oxygens (including phenoxy) is 1. The molecule has 1 amide bonds. The van der Waals surface area contributed by atoms with Crippen LogP contribution in [0.4, 0.5) is 4.39 Å². The fourth-order valence-corrected chi connectivity index (χ4v) is 2.90. The molecule has 0 spiro atoms. The molecule has 0 saturated carbocycles. The molecule has 0 radical (unpaired) electrons. The average molecular weight is 378 g/mol. The monoisotopic (exact) mass is 378 g/mol. The second-order valence-corrected chi connectivity index (χ2v) is 6.76. The quantitative estimate of drug-likeness (QED) is 0.638. The van der Waals surface area contributed by atoms with Gasteiger partial charge < -0.3 is 10.1 Å². The van der Waals surface area contributed by atoms with Crippen LogP contribution < -0.4 is 10.1 Å². The Hall–Kier alpha value is -3.21. The van der Waals surface area contributed by atoms with E-state index in [4.69, 9.17) is 4.74 Å². The van der Waals surface area contributed by atoms with Crippen LogP contribution in [0.5, 0.6) is 11.6 Å². The SMILES string of the molecule is Cc1ccc(CCC(=O)NCc2ccnc(Oc3ccc(F)cc3)c2)c(C)c1. The second kappa shape index (κ2) is 9.13. The lowest BCUT2D eigenvalue weighted by Crippen LogP contribution is -2.23. The standard InChI is InChI=1S/C23H23FN2O2/c1-16-3-4-19(17(2)13-16)5-10-22(27)26-15-18-11-12-25-23(14-18)28-21-8-6-20(24)7-9-21/h3-4,6-9,11-14H,5,10,15H2,1-2H3,(H,26,27). The summed E-state index contributed by atoms with van der Waals surface area (Å²) < 4.78 is 18.6. The molecule has 3 rings (SSSR count). The lowest BCUT2D eigenvalue weighted by molar-refractivity contribution is -0.121. The summed E-state index contributed by atoms with van der Waals surface area (Å²) in [5.41, 5.74) is 4.51. The first-order chi connectivity index (χ1) is 13.5. The third kappa shape index (κ3) is 5.64. The van der Waals surface area contributed by atoms with Gasteiger partial charge in [0.15, 0.2) is 0 Å². The normalized spacial score (nSPS) is 10.5. The zero-order valence-electron chi connectivity index (χ0n) is 16.0. The van der Waals surface area contributed by atoms with E-state index in [0.29, 0.717) is 31.0 Å². The van der Waals surface area contributed by atoms with Crippen molar-refractivity contribution in [2.75, 3.05) is 0 Å². The van der Waals surface area contributed by atoms with Crippen LogP contribution >= 0.6 is 0 Å². The summed E-state index contributed by atoms with van der Waals surface area (Å²) in [4.78, 5) is 16.3. The maximum Gasteiger partial charge on any atom is 0.220 e. The highest BCUT2D eigenvalue weighted by Crippen LogP contribution is 2.20. The van der Waals surface area contributed by atoms with Crippen molar-refractivity contribution in [2.24, 2.45) is 0 Å². The number of nitrogens with one attached hydrogen (secondary N) is 1. The minimum absolute atomic E-state index is 0.00205. The number of carbonyl (C=O) groups excluding carboxylic acids is 1. The predicted molar refractivity (Wildman–Crippen MR) is 107 cm³/mol. The zero-order valence-corrected chi connectivity index (χ0v) is 16.0. The molecule has 144 valence electrons. The summed E-state index contributed by atoms with van der Waals surface area (Å²) in [5.74, 6) is 0.576. The highest BCUT2D eigenvalue weighted by molar-refractivity contribution is 5.76. The number of nitrogens with zero attached hydrogens (tertiary/aromatic N) is 1. The Morgan fingerprint density at radius 3 is 2.61 bits per heavy atom. The first-order valence-electron chi connectivity index (χ1n) is 9.21. The smallest absolute Gasteiger partial charge is 0.220 e. The van der Waals surface area contributed by atoms with E-state index in [1.54, 1.807) is 24.4 Å². The van der Waals surface area contributed by atoms with Crippen LogP contribution in [0, 0.1) is 19.7 Å². The number of rotatable bonds is 7. The van der Waals surface area contributed by atoms with Crippen LogP contribution in [0.15, 0.2) is 60.8 Å². The molecule has 5 heteroatoms. The molecule has 4 nitrogen and oxygen atoms in total. The van der Waals surface area contributed by atoms with E-state index in [1.165, 1.54) is 28.8 Å². The zero-order chi connectivity index (χ0) is 19.9. The molecule has 1 N–H and O–H groups in total. The van der Waals surface area contributed by atoms with Gasteiger partial charge >= 0.3 is 0 Å². The van der Waals surface area contributed by atoms with Gasteiger partial charge in [-0.25, -0.2) is 9.37 Å². The second-order valence-electron chi connectivity index (χ2n) is 6.76. The van der Waals surface area contributed by atoms with Gasteiger partial charge in [0.2, 0.25) is 11.8 Å². The molecule has 1 heterocycles. The molecule has 1 aromatic heterocycles. The van der Waals surface area contributed by atoms with Gasteiger partial charge in [-0.3, -0.25) is 4.79 Å². The molecule has 0 atom stereocenters. The Kier molecular flexibility index (Phi) is 6.37. The molecule has 0 bridgehead atoms. The van der Waals surface area contributed by atoms with Gasteiger partial charge in [0.25, 0.3) is 0 Å². The number of aryl methyl sites for hydroxylation is 3. The first-order valence-corrected chi connectivity index (χ1v) is 9.21. The van der Waals surface area contributed by atoms with E-state index in [1.807, 2.05) is 6.07 Å². The number of aromatic nitrogens is 1. The number of amides is 1. The van der Waals surface area contributed by atoms with Crippen LogP contribution in [0.25, 0.3) is 0 Å². The molecule has 0 fully saturated rings. The van der Waals surface area contributed by atoms with Crippen LogP contribution in [0.3, 0.4) is 0 Å². The van der Waals surface area contributed by atoms with Gasteiger partial charge in [-0.15, -0.1) is 0 Å².